The number of benzene rings is 2. The van der Waals surface area contributed by atoms with Gasteiger partial charge in [0.2, 0.25) is 0 Å². The van der Waals surface area contributed by atoms with Crippen molar-refractivity contribution in [1.82, 2.24) is 28.9 Å². The number of hydrogen-bond acceptors (Lipinski definition) is 12. The van der Waals surface area contributed by atoms with E-state index < -0.39 is 11.9 Å². The molecule has 0 saturated carbocycles. The highest BCUT2D eigenvalue weighted by Gasteiger charge is 2.30. The zero-order chi connectivity index (χ0) is 45.9. The van der Waals surface area contributed by atoms with Crippen molar-refractivity contribution in [1.29, 1.82) is 0 Å². The first-order chi connectivity index (χ1) is 32.9. The Morgan fingerprint density at radius 1 is 0.597 bits per heavy atom. The van der Waals surface area contributed by atoms with Crippen LogP contribution < -0.4 is 14.2 Å². The minimum Gasteiger partial charge on any atom is -0.496 e. The summed E-state index contributed by atoms with van der Waals surface area (Å²) in [6.07, 6.45) is 19.0. The quantitative estimate of drug-likeness (QED) is 0.0715. The molecule has 8 heterocycles. The third-order valence-electron chi connectivity index (χ3n) is 13.6. The summed E-state index contributed by atoms with van der Waals surface area (Å²) in [5.41, 5.74) is 8.62. The van der Waals surface area contributed by atoms with E-state index >= 15 is 0 Å². The van der Waals surface area contributed by atoms with E-state index in [1.54, 1.807) is 56.4 Å². The standard InChI is InChI=1S/C53H54N6O8/c1-62-47-12-11-43(49(64-3)46(47)30-57-23-15-38(16-24-57)45-32-59(28-36-18-26-66-34-36)51-41(45)10-6-20-55-51)53(61)67-52(60)42-8-4-7-39(48(42)63-2)29-56-21-13-37(14-22-56)44-31-58(27-35-17-25-65-33-35)50-40(44)9-5-19-54-50/h4-12,17-20,25-26,31-34,37-38H,13-16,21-24,27-30H2,1-3H3. The molecule has 2 aliphatic rings. The number of para-hydroxylation sites is 1. The van der Waals surface area contributed by atoms with E-state index in [0.29, 0.717) is 60.8 Å². The maximum absolute atomic E-state index is 13.9. The number of likely N-dealkylation sites (tertiary alicyclic amines) is 2. The van der Waals surface area contributed by atoms with Crippen molar-refractivity contribution in [2.45, 2.75) is 63.7 Å². The second kappa shape index (κ2) is 19.4. The highest BCUT2D eigenvalue weighted by Crippen LogP contribution is 2.39. The highest BCUT2D eigenvalue weighted by molar-refractivity contribution is 6.05. The summed E-state index contributed by atoms with van der Waals surface area (Å²) < 4.78 is 38.2. The van der Waals surface area contributed by atoms with Crippen LogP contribution in [0.4, 0.5) is 0 Å². The van der Waals surface area contributed by atoms with Crippen LogP contribution in [0.5, 0.6) is 17.2 Å². The molecule has 0 amide bonds. The number of furan rings is 2. The van der Waals surface area contributed by atoms with Gasteiger partial charge < -0.3 is 36.9 Å². The van der Waals surface area contributed by atoms with E-state index in [4.69, 9.17) is 37.7 Å². The number of esters is 2. The Bertz CT molecular complexity index is 2990. The van der Waals surface area contributed by atoms with Crippen LogP contribution in [-0.4, -0.2) is 88.3 Å². The van der Waals surface area contributed by atoms with Gasteiger partial charge in [0, 0.05) is 65.3 Å². The molecule has 344 valence electrons. The van der Waals surface area contributed by atoms with Gasteiger partial charge in [-0.05, 0) is 129 Å². The van der Waals surface area contributed by atoms with Gasteiger partial charge in [-0.15, -0.1) is 0 Å². The van der Waals surface area contributed by atoms with Crippen LogP contribution in [0.3, 0.4) is 0 Å². The number of methoxy groups -OCH3 is 3. The maximum Gasteiger partial charge on any atom is 0.349 e. The molecule has 0 aliphatic carbocycles. The van der Waals surface area contributed by atoms with E-state index in [1.807, 2.05) is 42.7 Å². The number of fused-ring (bicyclic) bond motifs is 2. The van der Waals surface area contributed by atoms with Gasteiger partial charge >= 0.3 is 11.9 Å². The Labute approximate surface area is 388 Å². The van der Waals surface area contributed by atoms with Crippen molar-refractivity contribution in [3.63, 3.8) is 0 Å². The van der Waals surface area contributed by atoms with E-state index in [2.05, 4.69) is 43.5 Å². The fraction of sp³-hybridized carbons (Fsp3) is 0.321. The maximum atomic E-state index is 13.9. The van der Waals surface area contributed by atoms with E-state index in [9.17, 15) is 9.59 Å². The van der Waals surface area contributed by atoms with Crippen molar-refractivity contribution in [3.8, 4) is 17.2 Å². The van der Waals surface area contributed by atoms with E-state index in [0.717, 1.165) is 79.8 Å². The lowest BCUT2D eigenvalue weighted by Crippen LogP contribution is -2.33. The Balaban J connectivity index is 0.790. The minimum atomic E-state index is -0.819. The number of hydrogen-bond donors (Lipinski definition) is 0. The molecule has 14 heteroatoms. The van der Waals surface area contributed by atoms with Gasteiger partial charge in [-0.25, -0.2) is 19.6 Å². The molecule has 2 aliphatic heterocycles. The van der Waals surface area contributed by atoms with Crippen LogP contribution in [0, 0.1) is 0 Å². The zero-order valence-electron chi connectivity index (χ0n) is 38.1. The number of nitrogens with zero attached hydrogens (tertiary/aromatic N) is 6. The molecule has 2 aromatic carbocycles. The Kier molecular flexibility index (Phi) is 12.6. The summed E-state index contributed by atoms with van der Waals surface area (Å²) in [4.78, 5) is 42.0. The van der Waals surface area contributed by atoms with Gasteiger partial charge in [0.1, 0.15) is 39.7 Å². The number of rotatable bonds is 15. The molecule has 67 heavy (non-hydrogen) atoms. The van der Waals surface area contributed by atoms with Crippen LogP contribution in [0.2, 0.25) is 0 Å². The predicted molar refractivity (Wildman–Crippen MR) is 252 cm³/mol. The molecular formula is C53H54N6O8. The molecule has 10 rings (SSSR count). The third-order valence-corrected chi connectivity index (χ3v) is 13.6. The third kappa shape index (κ3) is 8.94. The molecule has 0 radical (unpaired) electrons. The summed E-state index contributed by atoms with van der Waals surface area (Å²) in [6.45, 7) is 5.82. The van der Waals surface area contributed by atoms with Crippen molar-refractivity contribution in [2.24, 2.45) is 0 Å². The largest absolute Gasteiger partial charge is 0.496 e. The average Bonchev–Trinajstić information content (AvgIpc) is 4.21. The van der Waals surface area contributed by atoms with Crippen molar-refractivity contribution in [2.75, 3.05) is 47.5 Å². The first kappa shape index (κ1) is 43.7. The number of carbonyl (C=O) groups is 2. The Morgan fingerprint density at radius 2 is 1.13 bits per heavy atom. The van der Waals surface area contributed by atoms with Gasteiger partial charge in [-0.3, -0.25) is 9.80 Å². The SMILES string of the molecule is COc1ccc(C(=O)OC(=O)c2cccc(CN3CCC(c4cn(Cc5ccoc5)c5ncccc45)CC3)c2OC)c(OC)c1CN1CCC(c2cn(Cc3ccoc3)c3ncccc23)CC1. The molecule has 0 N–H and O–H groups in total. The van der Waals surface area contributed by atoms with Crippen LogP contribution in [0.1, 0.15) is 91.6 Å². The summed E-state index contributed by atoms with van der Waals surface area (Å²) in [5, 5.41) is 2.36. The fourth-order valence-corrected chi connectivity index (χ4v) is 10.3. The first-order valence-corrected chi connectivity index (χ1v) is 22.9. The normalized spacial score (nSPS) is 15.3. The van der Waals surface area contributed by atoms with Gasteiger partial charge in [-0.2, -0.15) is 0 Å². The monoisotopic (exact) mass is 902 g/mol. The van der Waals surface area contributed by atoms with Crippen molar-refractivity contribution in [3.05, 3.63) is 161 Å². The molecule has 2 fully saturated rings. The number of ether oxygens (including phenoxy) is 4. The lowest BCUT2D eigenvalue weighted by molar-refractivity contribution is 0.0393. The number of piperidine rings is 2. The second-order valence-corrected chi connectivity index (χ2v) is 17.5. The lowest BCUT2D eigenvalue weighted by atomic mass is 9.89. The molecule has 0 bridgehead atoms. The predicted octanol–water partition coefficient (Wildman–Crippen LogP) is 9.45. The fourth-order valence-electron chi connectivity index (χ4n) is 10.3. The summed E-state index contributed by atoms with van der Waals surface area (Å²) >= 11 is 0. The molecule has 0 atom stereocenters. The van der Waals surface area contributed by atoms with Gasteiger partial charge in [0.05, 0.1) is 65.0 Å². The molecule has 6 aromatic heterocycles. The van der Waals surface area contributed by atoms with Crippen LogP contribution in [0.25, 0.3) is 22.1 Å². The van der Waals surface area contributed by atoms with E-state index in [-0.39, 0.29) is 11.1 Å². The molecule has 14 nitrogen and oxygen atoms in total. The van der Waals surface area contributed by atoms with Crippen LogP contribution in [-0.2, 0) is 30.9 Å². The summed E-state index contributed by atoms with van der Waals surface area (Å²) in [7, 11) is 4.66. The zero-order valence-corrected chi connectivity index (χ0v) is 38.1. The number of aromatic nitrogens is 4. The van der Waals surface area contributed by atoms with Gasteiger partial charge in [0.15, 0.2) is 0 Å². The first-order valence-electron chi connectivity index (χ1n) is 22.9. The Morgan fingerprint density at radius 3 is 1.64 bits per heavy atom. The van der Waals surface area contributed by atoms with Gasteiger partial charge in [-0.1, -0.05) is 12.1 Å². The van der Waals surface area contributed by atoms with Crippen LogP contribution >= 0.6 is 0 Å². The minimum absolute atomic E-state index is 0.137. The molecule has 8 aromatic rings. The molecule has 2 saturated heterocycles. The van der Waals surface area contributed by atoms with E-state index in [1.165, 1.54) is 36.1 Å². The molecule has 0 spiro atoms. The number of carbonyl (C=O) groups excluding carboxylic acids is 2. The summed E-state index contributed by atoms with van der Waals surface area (Å²) in [6, 6.07) is 21.0. The average molecular weight is 903 g/mol. The summed E-state index contributed by atoms with van der Waals surface area (Å²) in [5.74, 6) is 0.410. The molecular weight excluding hydrogens is 849 g/mol. The molecule has 0 unspecified atom stereocenters. The Hall–Kier alpha value is -7.16. The second-order valence-electron chi connectivity index (χ2n) is 17.5. The topological polar surface area (TPSA) is 139 Å². The smallest absolute Gasteiger partial charge is 0.349 e. The van der Waals surface area contributed by atoms with Crippen molar-refractivity contribution < 1.29 is 37.4 Å². The van der Waals surface area contributed by atoms with Gasteiger partial charge in [0.25, 0.3) is 0 Å². The van der Waals surface area contributed by atoms with Crippen LogP contribution in [0.15, 0.2) is 125 Å². The lowest BCUT2D eigenvalue weighted by Gasteiger charge is -2.32. The number of pyridine rings is 2. The van der Waals surface area contributed by atoms with Crippen molar-refractivity contribution >= 4 is 34.0 Å². The highest BCUT2D eigenvalue weighted by atomic mass is 16.6.